The van der Waals surface area contributed by atoms with E-state index in [9.17, 15) is 9.18 Å². The Morgan fingerprint density at radius 2 is 2.15 bits per heavy atom. The highest BCUT2D eigenvalue weighted by Crippen LogP contribution is 2.32. The first-order chi connectivity index (χ1) is 13.2. The van der Waals surface area contributed by atoms with Crippen molar-refractivity contribution in [3.8, 4) is 5.75 Å². The fraction of sp³-hybridized carbons (Fsp3) is 0.524. The minimum Gasteiger partial charge on any atom is -0.496 e. The molecule has 2 fully saturated rings. The maximum Gasteiger partial charge on any atom is 0.257 e. The average Bonchev–Trinajstić information content (AvgIpc) is 3.12. The number of rotatable bonds is 5. The Kier molecular flexibility index (Phi) is 5.14. The minimum atomic E-state index is -0.427. The molecular weight excluding hydrogens is 345 g/mol. The van der Waals surface area contributed by atoms with Gasteiger partial charge < -0.3 is 14.2 Å². The van der Waals surface area contributed by atoms with Crippen molar-refractivity contribution in [1.82, 2.24) is 14.5 Å². The molecule has 2 aliphatic rings. The summed E-state index contributed by atoms with van der Waals surface area (Å²) in [5.41, 5.74) is 0.288. The molecule has 1 atom stereocenters. The largest absolute Gasteiger partial charge is 0.496 e. The Bertz CT molecular complexity index is 816. The quantitative estimate of drug-likeness (QED) is 0.802. The van der Waals surface area contributed by atoms with Crippen LogP contribution in [0.2, 0.25) is 0 Å². The van der Waals surface area contributed by atoms with Gasteiger partial charge in [0.25, 0.3) is 5.91 Å². The first-order valence-electron chi connectivity index (χ1n) is 9.79. The summed E-state index contributed by atoms with van der Waals surface area (Å²) in [5.74, 6) is 1.87. The first-order valence-corrected chi connectivity index (χ1v) is 9.79. The molecule has 1 aliphatic carbocycles. The van der Waals surface area contributed by atoms with Crippen LogP contribution in [0.5, 0.6) is 5.75 Å². The second-order valence-corrected chi connectivity index (χ2v) is 7.67. The van der Waals surface area contributed by atoms with E-state index in [1.54, 1.807) is 0 Å². The van der Waals surface area contributed by atoms with Gasteiger partial charge in [-0.2, -0.15) is 0 Å². The van der Waals surface area contributed by atoms with Crippen molar-refractivity contribution in [3.63, 3.8) is 0 Å². The summed E-state index contributed by atoms with van der Waals surface area (Å²) in [6.07, 6.45) is 9.79. The van der Waals surface area contributed by atoms with Crippen molar-refractivity contribution in [2.45, 2.75) is 44.6 Å². The average molecular weight is 371 g/mol. The zero-order valence-corrected chi connectivity index (χ0v) is 15.7. The van der Waals surface area contributed by atoms with Crippen LogP contribution in [0.3, 0.4) is 0 Å². The number of methoxy groups -OCH3 is 1. The zero-order valence-electron chi connectivity index (χ0n) is 15.7. The van der Waals surface area contributed by atoms with Crippen molar-refractivity contribution in [2.75, 3.05) is 20.2 Å². The number of likely N-dealkylation sites (tertiary alicyclic amines) is 1. The molecule has 4 rings (SSSR count). The molecule has 1 saturated carbocycles. The number of aromatic nitrogens is 2. The molecule has 0 N–H and O–H groups in total. The van der Waals surface area contributed by atoms with E-state index in [2.05, 4.69) is 15.7 Å². The lowest BCUT2D eigenvalue weighted by Crippen LogP contribution is -2.40. The van der Waals surface area contributed by atoms with Gasteiger partial charge in [-0.05, 0) is 49.8 Å². The van der Waals surface area contributed by atoms with Gasteiger partial charge in [0.05, 0.1) is 12.7 Å². The number of hydrogen-bond donors (Lipinski definition) is 0. The molecule has 0 bridgehead atoms. The van der Waals surface area contributed by atoms with Gasteiger partial charge in [-0.3, -0.25) is 4.79 Å². The van der Waals surface area contributed by atoms with Crippen LogP contribution in [0.15, 0.2) is 30.6 Å². The molecule has 1 aromatic carbocycles. The summed E-state index contributed by atoms with van der Waals surface area (Å²) in [5, 5.41) is 0. The van der Waals surface area contributed by atoms with E-state index in [0.717, 1.165) is 31.1 Å². The third-order valence-corrected chi connectivity index (χ3v) is 5.89. The van der Waals surface area contributed by atoms with Gasteiger partial charge in [-0.15, -0.1) is 0 Å². The Balaban J connectivity index is 1.51. The fourth-order valence-corrected chi connectivity index (χ4v) is 4.18. The van der Waals surface area contributed by atoms with Crippen LogP contribution < -0.4 is 4.74 Å². The van der Waals surface area contributed by atoms with E-state index in [0.29, 0.717) is 18.8 Å². The lowest BCUT2D eigenvalue weighted by molar-refractivity contribution is 0.0698. The zero-order chi connectivity index (χ0) is 18.8. The standard InChI is InChI=1S/C21H26FN3O2/c1-27-19-8-7-17(22)12-18(19)21(26)25-10-3-6-16(14-25)20-23-9-11-24(20)13-15-4-2-5-15/h7-9,11-12,15-16H,2-6,10,13-14H2,1H3/t16-/m0/s1. The van der Waals surface area contributed by atoms with Gasteiger partial charge in [-0.25, -0.2) is 9.37 Å². The van der Waals surface area contributed by atoms with E-state index in [1.165, 1.54) is 44.6 Å². The van der Waals surface area contributed by atoms with Crippen LogP contribution in [0, 0.1) is 11.7 Å². The third kappa shape index (κ3) is 3.70. The number of ether oxygens (including phenoxy) is 1. The highest BCUT2D eigenvalue weighted by atomic mass is 19.1. The Hall–Kier alpha value is -2.37. The van der Waals surface area contributed by atoms with Crippen LogP contribution in [0.1, 0.15) is 54.2 Å². The smallest absolute Gasteiger partial charge is 0.257 e. The molecule has 0 unspecified atom stereocenters. The number of nitrogens with zero attached hydrogens (tertiary/aromatic N) is 3. The molecule has 144 valence electrons. The van der Waals surface area contributed by atoms with Crippen LogP contribution >= 0.6 is 0 Å². The van der Waals surface area contributed by atoms with Gasteiger partial charge in [0.2, 0.25) is 0 Å². The minimum absolute atomic E-state index is 0.173. The second kappa shape index (κ2) is 7.71. The van der Waals surface area contributed by atoms with E-state index >= 15 is 0 Å². The number of benzene rings is 1. The van der Waals surface area contributed by atoms with Crippen molar-refractivity contribution in [1.29, 1.82) is 0 Å². The summed E-state index contributed by atoms with van der Waals surface area (Å²) >= 11 is 0. The summed E-state index contributed by atoms with van der Waals surface area (Å²) in [7, 11) is 1.50. The Morgan fingerprint density at radius 3 is 2.89 bits per heavy atom. The third-order valence-electron chi connectivity index (χ3n) is 5.89. The second-order valence-electron chi connectivity index (χ2n) is 7.67. The number of hydrogen-bond acceptors (Lipinski definition) is 3. The van der Waals surface area contributed by atoms with Crippen LogP contribution in [0.25, 0.3) is 0 Å². The summed E-state index contributed by atoms with van der Waals surface area (Å²) in [4.78, 5) is 19.4. The SMILES string of the molecule is COc1ccc(F)cc1C(=O)N1CCC[C@H](c2nccn2CC2CCC2)C1. The maximum atomic E-state index is 13.7. The van der Waals surface area contributed by atoms with Gasteiger partial charge in [0.15, 0.2) is 0 Å². The van der Waals surface area contributed by atoms with E-state index in [1.807, 2.05) is 11.1 Å². The number of amides is 1. The molecule has 0 spiro atoms. The molecular formula is C21H26FN3O2. The molecule has 0 radical (unpaired) electrons. The lowest BCUT2D eigenvalue weighted by Gasteiger charge is -2.34. The highest BCUT2D eigenvalue weighted by molar-refractivity contribution is 5.97. The number of imidazole rings is 1. The highest BCUT2D eigenvalue weighted by Gasteiger charge is 2.30. The van der Waals surface area contributed by atoms with E-state index in [-0.39, 0.29) is 17.4 Å². The maximum absolute atomic E-state index is 13.7. The Labute approximate surface area is 159 Å². The van der Waals surface area contributed by atoms with Crippen molar-refractivity contribution in [3.05, 3.63) is 47.8 Å². The van der Waals surface area contributed by atoms with Gasteiger partial charge in [0, 0.05) is 37.9 Å². The predicted octanol–water partition coefficient (Wildman–Crippen LogP) is 3.85. The summed E-state index contributed by atoms with van der Waals surface area (Å²) in [6, 6.07) is 4.09. The molecule has 2 aromatic rings. The molecule has 27 heavy (non-hydrogen) atoms. The Morgan fingerprint density at radius 1 is 1.30 bits per heavy atom. The summed E-state index contributed by atoms with van der Waals surface area (Å²) in [6.45, 7) is 2.32. The van der Waals surface area contributed by atoms with E-state index < -0.39 is 5.82 Å². The predicted molar refractivity (Wildman–Crippen MR) is 100 cm³/mol. The van der Waals surface area contributed by atoms with Gasteiger partial charge in [-0.1, -0.05) is 6.42 Å². The molecule has 1 amide bonds. The lowest BCUT2D eigenvalue weighted by atomic mass is 9.85. The summed E-state index contributed by atoms with van der Waals surface area (Å²) < 4.78 is 21.2. The molecule has 6 heteroatoms. The monoisotopic (exact) mass is 371 g/mol. The topological polar surface area (TPSA) is 47.4 Å². The van der Waals surface area contributed by atoms with Crippen molar-refractivity contribution < 1.29 is 13.9 Å². The van der Waals surface area contributed by atoms with Crippen LogP contribution in [0.4, 0.5) is 4.39 Å². The number of carbonyl (C=O) groups excluding carboxylic acids is 1. The number of piperidine rings is 1. The molecule has 1 aliphatic heterocycles. The number of halogens is 1. The van der Waals surface area contributed by atoms with Crippen LogP contribution in [-0.2, 0) is 6.54 Å². The number of carbonyl (C=O) groups is 1. The molecule has 5 nitrogen and oxygen atoms in total. The normalized spacial score (nSPS) is 20.4. The van der Waals surface area contributed by atoms with E-state index in [4.69, 9.17) is 4.74 Å². The van der Waals surface area contributed by atoms with Gasteiger partial charge in [0.1, 0.15) is 17.4 Å². The molecule has 2 heterocycles. The molecule has 1 aromatic heterocycles. The fourth-order valence-electron chi connectivity index (χ4n) is 4.18. The van der Waals surface area contributed by atoms with Crippen LogP contribution in [-0.4, -0.2) is 40.6 Å². The van der Waals surface area contributed by atoms with Crippen molar-refractivity contribution in [2.24, 2.45) is 5.92 Å². The van der Waals surface area contributed by atoms with Crippen molar-refractivity contribution >= 4 is 5.91 Å². The molecule has 1 saturated heterocycles. The van der Waals surface area contributed by atoms with Gasteiger partial charge >= 0.3 is 0 Å². The first kappa shape index (κ1) is 18.0.